The van der Waals surface area contributed by atoms with Gasteiger partial charge < -0.3 is 10.1 Å². The highest BCUT2D eigenvalue weighted by Crippen LogP contribution is 2.09. The van der Waals surface area contributed by atoms with E-state index < -0.39 is 30.1 Å². The Balaban J connectivity index is 1.83. The maximum Gasteiger partial charge on any atom is 0.338 e. The van der Waals surface area contributed by atoms with Crippen LogP contribution >= 0.6 is 0 Å². The predicted octanol–water partition coefficient (Wildman–Crippen LogP) is 1.05. The molecule has 0 aliphatic heterocycles. The molecular weight excluding hydrogens is 326 g/mol. The van der Waals surface area contributed by atoms with E-state index in [9.17, 15) is 14.4 Å². The number of ether oxygens (including phenoxy) is 1. The number of imide groups is 1. The predicted molar refractivity (Wildman–Crippen MR) is 88.1 cm³/mol. The molecule has 9 nitrogen and oxygen atoms in total. The largest absolute Gasteiger partial charge is 0.452 e. The molecule has 0 bridgehead atoms. The number of nitrogens with one attached hydrogen (secondary N) is 2. The lowest BCUT2D eigenvalue weighted by molar-refractivity contribution is -0.123. The van der Waals surface area contributed by atoms with Gasteiger partial charge in [0.2, 0.25) is 0 Å². The number of hydrogen-bond donors (Lipinski definition) is 2. The van der Waals surface area contributed by atoms with E-state index in [0.717, 1.165) is 5.69 Å². The van der Waals surface area contributed by atoms with Crippen LogP contribution in [0.5, 0.6) is 0 Å². The molecule has 0 spiro atoms. The zero-order valence-electron chi connectivity index (χ0n) is 14.1. The number of carbonyl (C=O) groups is 3. The molecule has 0 atom stereocenters. The van der Waals surface area contributed by atoms with Crippen molar-refractivity contribution < 1.29 is 19.1 Å². The summed E-state index contributed by atoms with van der Waals surface area (Å²) in [6.45, 7) is 4.78. The van der Waals surface area contributed by atoms with Crippen LogP contribution in [0.1, 0.15) is 31.1 Å². The first-order valence-electron chi connectivity index (χ1n) is 7.49. The molecule has 9 heteroatoms. The fourth-order valence-electron chi connectivity index (χ4n) is 1.84. The summed E-state index contributed by atoms with van der Waals surface area (Å²) in [7, 11) is 0. The number of nitrogens with zero attached hydrogens (tertiary/aromatic N) is 3. The molecule has 25 heavy (non-hydrogen) atoms. The van der Waals surface area contributed by atoms with E-state index in [1.807, 2.05) is 0 Å². The van der Waals surface area contributed by atoms with Gasteiger partial charge in [0, 0.05) is 5.54 Å². The highest BCUT2D eigenvalue weighted by molar-refractivity contribution is 5.97. The Bertz CT molecular complexity index is 748. The Morgan fingerprint density at radius 1 is 1.16 bits per heavy atom. The highest BCUT2D eigenvalue weighted by Gasteiger charge is 2.17. The molecule has 1 heterocycles. The number of benzene rings is 1. The zero-order chi connectivity index (χ0) is 18.4. The Labute approximate surface area is 144 Å². The van der Waals surface area contributed by atoms with Crippen molar-refractivity contribution in [3.63, 3.8) is 0 Å². The molecule has 0 saturated carbocycles. The van der Waals surface area contributed by atoms with Gasteiger partial charge in [-0.05, 0) is 45.0 Å². The van der Waals surface area contributed by atoms with Crippen LogP contribution in [0.25, 0.3) is 5.69 Å². The summed E-state index contributed by atoms with van der Waals surface area (Å²) in [6.07, 6.45) is 2.93. The summed E-state index contributed by atoms with van der Waals surface area (Å²) in [6, 6.07) is 5.78. The molecule has 0 fully saturated rings. The monoisotopic (exact) mass is 345 g/mol. The zero-order valence-corrected chi connectivity index (χ0v) is 14.1. The van der Waals surface area contributed by atoms with Crippen molar-refractivity contribution in [2.45, 2.75) is 26.3 Å². The third kappa shape index (κ3) is 5.72. The lowest BCUT2D eigenvalue weighted by atomic mass is 10.1. The quantitative estimate of drug-likeness (QED) is 0.800. The second-order valence-electron chi connectivity index (χ2n) is 6.22. The second kappa shape index (κ2) is 7.56. The number of amides is 3. The van der Waals surface area contributed by atoms with Crippen LogP contribution in [-0.2, 0) is 9.53 Å². The van der Waals surface area contributed by atoms with Gasteiger partial charge in [-0.2, -0.15) is 5.10 Å². The number of urea groups is 1. The number of esters is 1. The lowest BCUT2D eigenvalue weighted by Crippen LogP contribution is -2.49. The molecule has 132 valence electrons. The van der Waals surface area contributed by atoms with Crippen LogP contribution in [0, 0.1) is 0 Å². The molecule has 1 aromatic heterocycles. The van der Waals surface area contributed by atoms with E-state index in [-0.39, 0.29) is 5.56 Å². The van der Waals surface area contributed by atoms with Gasteiger partial charge in [-0.1, -0.05) is 0 Å². The lowest BCUT2D eigenvalue weighted by Gasteiger charge is -2.20. The van der Waals surface area contributed by atoms with Crippen molar-refractivity contribution in [3.8, 4) is 5.69 Å². The third-order valence-electron chi connectivity index (χ3n) is 2.86. The molecule has 0 aliphatic carbocycles. The van der Waals surface area contributed by atoms with Crippen LogP contribution in [0.3, 0.4) is 0 Å². The van der Waals surface area contributed by atoms with E-state index in [1.165, 1.54) is 17.3 Å². The Morgan fingerprint density at radius 2 is 1.84 bits per heavy atom. The molecule has 0 radical (unpaired) electrons. The van der Waals surface area contributed by atoms with Crippen molar-refractivity contribution in [3.05, 3.63) is 42.5 Å². The van der Waals surface area contributed by atoms with Gasteiger partial charge in [-0.25, -0.2) is 19.3 Å². The van der Waals surface area contributed by atoms with Crippen LogP contribution in [0.2, 0.25) is 0 Å². The van der Waals surface area contributed by atoms with Gasteiger partial charge in [0.1, 0.15) is 12.7 Å². The smallest absolute Gasteiger partial charge is 0.338 e. The summed E-state index contributed by atoms with van der Waals surface area (Å²) >= 11 is 0. The summed E-state index contributed by atoms with van der Waals surface area (Å²) < 4.78 is 6.42. The Kier molecular flexibility index (Phi) is 5.48. The summed E-state index contributed by atoms with van der Waals surface area (Å²) in [5, 5.41) is 8.62. The van der Waals surface area contributed by atoms with E-state index in [4.69, 9.17) is 4.74 Å². The van der Waals surface area contributed by atoms with Gasteiger partial charge in [0.25, 0.3) is 5.91 Å². The van der Waals surface area contributed by atoms with Crippen LogP contribution in [0.15, 0.2) is 36.9 Å². The topological polar surface area (TPSA) is 115 Å². The van der Waals surface area contributed by atoms with Gasteiger partial charge in [0.05, 0.1) is 11.3 Å². The second-order valence-corrected chi connectivity index (χ2v) is 6.22. The standard InChI is InChI=1S/C16H19N5O4/c1-16(2,3)20-15(24)19-13(22)8-25-14(23)11-4-6-12(7-5-11)21-10-17-9-18-21/h4-7,9-10H,8H2,1-3H3,(H2,19,20,22,24). The number of hydrogen-bond acceptors (Lipinski definition) is 6. The van der Waals surface area contributed by atoms with Crippen molar-refractivity contribution >= 4 is 17.9 Å². The molecule has 2 aromatic rings. The van der Waals surface area contributed by atoms with Crippen molar-refractivity contribution in [2.24, 2.45) is 0 Å². The van der Waals surface area contributed by atoms with E-state index in [2.05, 4.69) is 20.7 Å². The first-order chi connectivity index (χ1) is 11.7. The van der Waals surface area contributed by atoms with E-state index >= 15 is 0 Å². The fraction of sp³-hybridized carbons (Fsp3) is 0.312. The summed E-state index contributed by atoms with van der Waals surface area (Å²) in [5.41, 5.74) is 0.522. The molecule has 0 aliphatic rings. The maximum absolute atomic E-state index is 11.9. The number of aromatic nitrogens is 3. The minimum atomic E-state index is -0.714. The molecule has 1 aromatic carbocycles. The minimum absolute atomic E-state index is 0.274. The van der Waals surface area contributed by atoms with Crippen molar-refractivity contribution in [1.82, 2.24) is 25.4 Å². The first kappa shape index (κ1) is 18.1. The van der Waals surface area contributed by atoms with Gasteiger partial charge in [-0.3, -0.25) is 10.1 Å². The third-order valence-corrected chi connectivity index (χ3v) is 2.86. The van der Waals surface area contributed by atoms with E-state index in [1.54, 1.807) is 45.0 Å². The van der Waals surface area contributed by atoms with Gasteiger partial charge >= 0.3 is 12.0 Å². The fourth-order valence-corrected chi connectivity index (χ4v) is 1.84. The van der Waals surface area contributed by atoms with Crippen LogP contribution in [0.4, 0.5) is 4.79 Å². The number of rotatable bonds is 4. The SMILES string of the molecule is CC(C)(C)NC(=O)NC(=O)COC(=O)c1ccc(-n2cncn2)cc1. The van der Waals surface area contributed by atoms with Crippen molar-refractivity contribution in [1.29, 1.82) is 0 Å². The molecule has 2 rings (SSSR count). The minimum Gasteiger partial charge on any atom is -0.452 e. The Morgan fingerprint density at radius 3 is 2.40 bits per heavy atom. The molecular formula is C16H19N5O4. The average Bonchev–Trinajstić information content (AvgIpc) is 3.05. The van der Waals surface area contributed by atoms with Gasteiger partial charge in [0.15, 0.2) is 6.61 Å². The normalized spacial score (nSPS) is 10.8. The molecule has 3 amide bonds. The van der Waals surface area contributed by atoms with Crippen LogP contribution in [-0.4, -0.2) is 44.8 Å². The van der Waals surface area contributed by atoms with Crippen LogP contribution < -0.4 is 10.6 Å². The summed E-state index contributed by atoms with van der Waals surface area (Å²) in [5.74, 6) is -1.38. The average molecular weight is 345 g/mol. The first-order valence-corrected chi connectivity index (χ1v) is 7.49. The van der Waals surface area contributed by atoms with Gasteiger partial charge in [-0.15, -0.1) is 0 Å². The molecule has 2 N–H and O–H groups in total. The highest BCUT2D eigenvalue weighted by atomic mass is 16.5. The summed E-state index contributed by atoms with van der Waals surface area (Å²) in [4.78, 5) is 38.9. The maximum atomic E-state index is 11.9. The Hall–Kier alpha value is -3.23. The van der Waals surface area contributed by atoms with Crippen molar-refractivity contribution in [2.75, 3.05) is 6.61 Å². The number of carbonyl (C=O) groups excluding carboxylic acids is 3. The molecule has 0 saturated heterocycles. The van der Waals surface area contributed by atoms with E-state index in [0.29, 0.717) is 0 Å². The molecule has 0 unspecified atom stereocenters.